The van der Waals surface area contributed by atoms with E-state index in [1.165, 1.54) is 0 Å². The third-order valence-electron chi connectivity index (χ3n) is 1.15. The summed E-state index contributed by atoms with van der Waals surface area (Å²) in [6.07, 6.45) is -5.81. The van der Waals surface area contributed by atoms with Crippen LogP contribution in [-0.2, 0) is 19.8 Å². The lowest BCUT2D eigenvalue weighted by Gasteiger charge is -2.21. The fraction of sp³-hybridized carbons (Fsp3) is 0.750. The molecular weight excluding hydrogens is 256 g/mol. The molecule has 10 heteroatoms. The lowest BCUT2D eigenvalue weighted by molar-refractivity contribution is -0.173. The molecule has 0 rings (SSSR count). The second-order valence-corrected chi connectivity index (χ2v) is 4.30. The predicted octanol–water partition coefficient (Wildman–Crippen LogP) is 0.956. The molecule has 0 heterocycles. The van der Waals surface area contributed by atoms with Crippen LogP contribution in [0.1, 0.15) is 0 Å². The first-order valence-electron chi connectivity index (χ1n) is 2.76. The number of methoxy groups -OCH3 is 1. The van der Waals surface area contributed by atoms with Gasteiger partial charge in [-0.1, -0.05) is 11.6 Å². The van der Waals surface area contributed by atoms with Crippen LogP contribution in [0, 0.1) is 0 Å². The van der Waals surface area contributed by atoms with Gasteiger partial charge < -0.3 is 4.74 Å². The van der Waals surface area contributed by atoms with Crippen molar-refractivity contribution in [1.82, 2.24) is 0 Å². The minimum absolute atomic E-state index is 0.441. The number of alkyl halides is 4. The van der Waals surface area contributed by atoms with E-state index >= 15 is 0 Å². The molecule has 0 aromatic carbocycles. The van der Waals surface area contributed by atoms with E-state index < -0.39 is 26.6 Å². The van der Waals surface area contributed by atoms with Crippen LogP contribution >= 0.6 is 11.6 Å². The van der Waals surface area contributed by atoms with Crippen molar-refractivity contribution in [3.8, 4) is 0 Å². The number of esters is 1. The van der Waals surface area contributed by atoms with E-state index in [0.29, 0.717) is 7.11 Å². The maximum absolute atomic E-state index is 12.2. The van der Waals surface area contributed by atoms with Crippen molar-refractivity contribution < 1.29 is 35.0 Å². The topological polar surface area (TPSA) is 60.4 Å². The molecule has 0 N–H and O–H groups in total. The monoisotopic (exact) mass is 258 g/mol. The highest BCUT2D eigenvalue weighted by molar-refractivity contribution is 7.90. The summed E-state index contributed by atoms with van der Waals surface area (Å²) in [4.78, 5) is 10.4. The molecule has 0 radical (unpaired) electrons. The lowest BCUT2D eigenvalue weighted by Crippen LogP contribution is -2.52. The zero-order valence-electron chi connectivity index (χ0n) is 6.43. The molecule has 0 amide bonds. The van der Waals surface area contributed by atoms with Crippen molar-refractivity contribution >= 4 is 27.8 Å². The molecule has 0 aromatic heterocycles. The van der Waals surface area contributed by atoms with Gasteiger partial charge in [-0.3, -0.25) is 0 Å². The van der Waals surface area contributed by atoms with E-state index in [9.17, 15) is 30.3 Å². The Balaban J connectivity index is 5.66. The van der Waals surface area contributed by atoms with Gasteiger partial charge in [0.25, 0.3) is 0 Å². The maximum atomic E-state index is 12.2. The highest BCUT2D eigenvalue weighted by Gasteiger charge is 2.71. The van der Waals surface area contributed by atoms with Gasteiger partial charge in [0.1, 0.15) is 0 Å². The molecule has 0 aliphatic heterocycles. The van der Waals surface area contributed by atoms with Gasteiger partial charge in [-0.2, -0.15) is 21.6 Å². The number of carbonyl (C=O) groups is 1. The van der Waals surface area contributed by atoms with E-state index in [4.69, 9.17) is 0 Å². The molecule has 0 saturated carbocycles. The van der Waals surface area contributed by atoms with Crippen molar-refractivity contribution in [1.29, 1.82) is 0 Å². The van der Waals surface area contributed by atoms with E-state index in [0.717, 1.165) is 0 Å². The Kier molecular flexibility index (Phi) is 3.39. The molecule has 0 saturated heterocycles. The van der Waals surface area contributed by atoms with Crippen LogP contribution in [0.4, 0.5) is 17.1 Å². The maximum Gasteiger partial charge on any atom is 0.435 e. The number of rotatable bonds is 2. The molecule has 0 spiro atoms. The number of hydrogen-bond donors (Lipinski definition) is 0. The third kappa shape index (κ3) is 1.92. The normalized spacial score (nSPS) is 17.3. The summed E-state index contributed by atoms with van der Waals surface area (Å²) in [6, 6.07) is 0. The first kappa shape index (κ1) is 13.4. The van der Waals surface area contributed by atoms with E-state index in [2.05, 4.69) is 16.3 Å². The van der Waals surface area contributed by atoms with Crippen LogP contribution in [0.5, 0.6) is 0 Å². The SMILES string of the molecule is COC(=O)C(Cl)(C(F)(F)F)S(=O)(=O)F. The van der Waals surface area contributed by atoms with Gasteiger partial charge in [-0.15, -0.1) is 3.89 Å². The van der Waals surface area contributed by atoms with Gasteiger partial charge in [-0.05, 0) is 0 Å². The van der Waals surface area contributed by atoms with E-state index in [1.807, 2.05) is 0 Å². The molecule has 0 aromatic rings. The molecule has 4 nitrogen and oxygen atoms in total. The second kappa shape index (κ2) is 3.54. The Morgan fingerprint density at radius 3 is 1.79 bits per heavy atom. The zero-order valence-corrected chi connectivity index (χ0v) is 8.00. The van der Waals surface area contributed by atoms with Crippen LogP contribution < -0.4 is 0 Å². The molecule has 0 fully saturated rings. The van der Waals surface area contributed by atoms with Crippen molar-refractivity contribution in [3.05, 3.63) is 0 Å². The Morgan fingerprint density at radius 1 is 1.36 bits per heavy atom. The summed E-state index contributed by atoms with van der Waals surface area (Å²) in [7, 11) is -5.93. The number of ether oxygens (including phenoxy) is 1. The van der Waals surface area contributed by atoms with Gasteiger partial charge in [0.2, 0.25) is 0 Å². The lowest BCUT2D eigenvalue weighted by atomic mass is 10.4. The second-order valence-electron chi connectivity index (χ2n) is 2.02. The number of carbonyl (C=O) groups excluding carboxylic acids is 1. The molecule has 1 unspecified atom stereocenters. The smallest absolute Gasteiger partial charge is 0.435 e. The fourth-order valence-electron chi connectivity index (χ4n) is 0.485. The Hall–Kier alpha value is -0.570. The Morgan fingerprint density at radius 2 is 1.71 bits per heavy atom. The number of halogens is 5. The molecule has 1 atom stereocenters. The van der Waals surface area contributed by atoms with Crippen LogP contribution in [0.25, 0.3) is 0 Å². The van der Waals surface area contributed by atoms with Gasteiger partial charge >= 0.3 is 26.6 Å². The number of hydrogen-bond acceptors (Lipinski definition) is 4. The van der Waals surface area contributed by atoms with Crippen molar-refractivity contribution in [2.24, 2.45) is 0 Å². The van der Waals surface area contributed by atoms with Gasteiger partial charge in [-0.25, -0.2) is 4.79 Å². The summed E-state index contributed by atoms with van der Waals surface area (Å²) in [5, 5.41) is 0. The molecule has 14 heavy (non-hydrogen) atoms. The quantitative estimate of drug-likeness (QED) is 0.320. The average molecular weight is 259 g/mol. The summed E-state index contributed by atoms with van der Waals surface area (Å²) in [5.74, 6) is -2.45. The van der Waals surface area contributed by atoms with Crippen LogP contribution in [0.2, 0.25) is 0 Å². The Bertz CT molecular complexity index is 336. The minimum Gasteiger partial charge on any atom is -0.467 e. The van der Waals surface area contributed by atoms with E-state index in [1.54, 1.807) is 0 Å². The first-order valence-corrected chi connectivity index (χ1v) is 4.53. The highest BCUT2D eigenvalue weighted by Crippen LogP contribution is 2.42. The van der Waals surface area contributed by atoms with Gasteiger partial charge in [0.15, 0.2) is 0 Å². The standard InChI is InChI=1S/C4H3ClF4O4S/c1-13-2(10)3(5,4(6,7)8)14(9,11)12/h1H3. The van der Waals surface area contributed by atoms with Crippen molar-refractivity contribution in [2.75, 3.05) is 7.11 Å². The molecule has 0 bridgehead atoms. The first-order chi connectivity index (χ1) is 5.98. The molecular formula is C4H3ClF4O4S. The summed E-state index contributed by atoms with van der Waals surface area (Å²) < 4.78 is 67.1. The Labute approximate surface area is 81.0 Å². The molecule has 0 aliphatic rings. The third-order valence-corrected chi connectivity index (χ3v) is 3.14. The largest absolute Gasteiger partial charge is 0.467 e. The highest BCUT2D eigenvalue weighted by atomic mass is 35.5. The van der Waals surface area contributed by atoms with Crippen LogP contribution in [0.3, 0.4) is 0 Å². The fourth-order valence-corrected chi connectivity index (χ4v) is 1.12. The zero-order chi connectivity index (χ0) is 11.8. The van der Waals surface area contributed by atoms with E-state index in [-0.39, 0.29) is 0 Å². The minimum atomic E-state index is -6.37. The summed E-state index contributed by atoms with van der Waals surface area (Å²) >= 11 is 4.38. The van der Waals surface area contributed by atoms with Gasteiger partial charge in [0, 0.05) is 0 Å². The summed E-state index contributed by atoms with van der Waals surface area (Å²) in [6.45, 7) is 0. The molecule has 0 aliphatic carbocycles. The molecule has 84 valence electrons. The van der Waals surface area contributed by atoms with Gasteiger partial charge in [0.05, 0.1) is 7.11 Å². The summed E-state index contributed by atoms with van der Waals surface area (Å²) in [5.41, 5.74) is 0. The average Bonchev–Trinajstić information content (AvgIpc) is 1.97. The van der Waals surface area contributed by atoms with Crippen LogP contribution in [-0.4, -0.2) is 31.9 Å². The van der Waals surface area contributed by atoms with Crippen LogP contribution in [0.15, 0.2) is 0 Å². The predicted molar refractivity (Wildman–Crippen MR) is 36.7 cm³/mol. The van der Waals surface area contributed by atoms with Crippen molar-refractivity contribution in [2.45, 2.75) is 10.4 Å². The van der Waals surface area contributed by atoms with Crippen molar-refractivity contribution in [3.63, 3.8) is 0 Å².